The molecule has 0 radical (unpaired) electrons. The van der Waals surface area contributed by atoms with E-state index in [1.54, 1.807) is 0 Å². The Morgan fingerprint density at radius 3 is 1.77 bits per heavy atom. The van der Waals surface area contributed by atoms with Crippen molar-refractivity contribution in [3.63, 3.8) is 0 Å². The van der Waals surface area contributed by atoms with Crippen LogP contribution >= 0.6 is 0 Å². The van der Waals surface area contributed by atoms with Crippen LogP contribution in [-0.2, 0) is 22.2 Å². The smallest absolute Gasteiger partial charge is 0.403 e. The van der Waals surface area contributed by atoms with Gasteiger partial charge in [-0.3, -0.25) is 0 Å². The van der Waals surface area contributed by atoms with Crippen molar-refractivity contribution in [1.29, 1.82) is 0 Å². The van der Waals surface area contributed by atoms with Crippen molar-refractivity contribution >= 4 is 12.8 Å². The van der Waals surface area contributed by atoms with Gasteiger partial charge in [0.05, 0.1) is 11.2 Å². The van der Waals surface area contributed by atoms with Gasteiger partial charge in [-0.15, -0.1) is 0 Å². The first kappa shape index (κ1) is 17.3. The Balaban J connectivity index is 2.38. The van der Waals surface area contributed by atoms with Gasteiger partial charge < -0.3 is 20.8 Å². The van der Waals surface area contributed by atoms with Crippen LogP contribution in [0.4, 0.5) is 5.69 Å². The average molecular weight is 304 g/mol. The summed E-state index contributed by atoms with van der Waals surface area (Å²) >= 11 is 0. The Hall–Kier alpha value is -1.04. The molecule has 0 unspecified atom stereocenters. The van der Waals surface area contributed by atoms with Crippen LogP contribution in [0.2, 0.25) is 0 Å². The Morgan fingerprint density at radius 2 is 1.32 bits per heavy atom. The standard InChI is InChI=1S/C17H29BN2O2/c1-10-13(11(2)15(20)12(3)14(10)9-19)8-18-21-16(4,5)17(6,7)22-18/h8-9,19-20H2,1-7H3. The lowest BCUT2D eigenvalue weighted by molar-refractivity contribution is 0.00578. The van der Waals surface area contributed by atoms with Gasteiger partial charge in [0, 0.05) is 18.6 Å². The molecule has 0 spiro atoms. The fourth-order valence-electron chi connectivity index (χ4n) is 3.18. The van der Waals surface area contributed by atoms with Crippen molar-refractivity contribution in [1.82, 2.24) is 0 Å². The maximum atomic E-state index is 6.27. The first-order valence-electron chi connectivity index (χ1n) is 7.94. The molecule has 4 N–H and O–H groups in total. The maximum absolute atomic E-state index is 6.27. The topological polar surface area (TPSA) is 70.5 Å². The number of nitrogens with two attached hydrogens (primary N) is 2. The third-order valence-electron chi connectivity index (χ3n) is 5.50. The third-order valence-corrected chi connectivity index (χ3v) is 5.50. The minimum Gasteiger partial charge on any atom is -0.403 e. The first-order valence-corrected chi connectivity index (χ1v) is 7.94. The average Bonchev–Trinajstić information content (AvgIpc) is 2.61. The van der Waals surface area contributed by atoms with E-state index in [2.05, 4.69) is 41.5 Å². The number of hydrogen-bond acceptors (Lipinski definition) is 4. The number of anilines is 1. The number of rotatable bonds is 3. The molecule has 1 aromatic carbocycles. The van der Waals surface area contributed by atoms with E-state index < -0.39 is 0 Å². The Morgan fingerprint density at radius 1 is 0.864 bits per heavy atom. The lowest BCUT2D eigenvalue weighted by atomic mass is 9.76. The molecule has 1 saturated heterocycles. The number of benzene rings is 1. The molecule has 1 aliphatic rings. The van der Waals surface area contributed by atoms with E-state index in [1.165, 1.54) is 11.1 Å². The van der Waals surface area contributed by atoms with E-state index in [-0.39, 0.29) is 18.3 Å². The summed E-state index contributed by atoms with van der Waals surface area (Å²) in [5, 5.41) is 0. The minimum atomic E-state index is -0.313. The molecule has 1 aliphatic heterocycles. The molecule has 2 rings (SSSR count). The van der Waals surface area contributed by atoms with Gasteiger partial charge in [0.25, 0.3) is 0 Å². The fraction of sp³-hybridized carbons (Fsp3) is 0.647. The molecule has 0 aromatic heterocycles. The van der Waals surface area contributed by atoms with Gasteiger partial charge >= 0.3 is 7.12 Å². The second-order valence-corrected chi connectivity index (χ2v) is 7.34. The predicted molar refractivity (Wildman–Crippen MR) is 92.7 cm³/mol. The van der Waals surface area contributed by atoms with Crippen LogP contribution in [0.1, 0.15) is 55.5 Å². The summed E-state index contributed by atoms with van der Waals surface area (Å²) < 4.78 is 12.3. The van der Waals surface area contributed by atoms with Crippen molar-refractivity contribution < 1.29 is 9.31 Å². The number of hydrogen-bond donors (Lipinski definition) is 2. The molecule has 1 fully saturated rings. The van der Waals surface area contributed by atoms with E-state index in [0.717, 1.165) is 22.4 Å². The van der Waals surface area contributed by atoms with Gasteiger partial charge in [-0.1, -0.05) is 0 Å². The molecule has 0 bridgehead atoms. The monoisotopic (exact) mass is 304 g/mol. The molecule has 0 amide bonds. The molecular formula is C17H29BN2O2. The van der Waals surface area contributed by atoms with Gasteiger partial charge in [-0.05, 0) is 76.3 Å². The Labute approximate surface area is 134 Å². The summed E-state index contributed by atoms with van der Waals surface area (Å²) in [6.45, 7) is 15.0. The van der Waals surface area contributed by atoms with Crippen LogP contribution in [0.3, 0.4) is 0 Å². The Kier molecular flexibility index (Phi) is 4.37. The zero-order chi connectivity index (χ0) is 16.9. The van der Waals surface area contributed by atoms with E-state index in [1.807, 2.05) is 6.92 Å². The van der Waals surface area contributed by atoms with Crippen LogP contribution < -0.4 is 11.5 Å². The van der Waals surface area contributed by atoms with Crippen molar-refractivity contribution in [2.24, 2.45) is 5.73 Å². The maximum Gasteiger partial charge on any atom is 0.462 e. The van der Waals surface area contributed by atoms with Gasteiger partial charge in [0.15, 0.2) is 0 Å². The van der Waals surface area contributed by atoms with Crippen LogP contribution in [0, 0.1) is 20.8 Å². The van der Waals surface area contributed by atoms with Crippen molar-refractivity contribution in [2.45, 2.75) is 72.5 Å². The normalized spacial score (nSPS) is 19.7. The molecular weight excluding hydrogens is 275 g/mol. The highest BCUT2D eigenvalue weighted by Gasteiger charge is 2.51. The van der Waals surface area contributed by atoms with Gasteiger partial charge in [-0.2, -0.15) is 0 Å². The minimum absolute atomic E-state index is 0.255. The fourth-order valence-corrected chi connectivity index (χ4v) is 3.18. The Bertz CT molecular complexity index is 581. The quantitative estimate of drug-likeness (QED) is 0.665. The van der Waals surface area contributed by atoms with E-state index >= 15 is 0 Å². The van der Waals surface area contributed by atoms with Crippen LogP contribution in [0.25, 0.3) is 0 Å². The van der Waals surface area contributed by atoms with Crippen LogP contribution in [-0.4, -0.2) is 18.3 Å². The SMILES string of the molecule is Cc1c(N)c(C)c(CB2OC(C)(C)C(C)(C)O2)c(C)c1CN. The molecule has 5 heteroatoms. The highest BCUT2D eigenvalue weighted by Crippen LogP contribution is 2.38. The second kappa shape index (κ2) is 5.55. The van der Waals surface area contributed by atoms with Gasteiger partial charge in [-0.25, -0.2) is 0 Å². The zero-order valence-electron chi connectivity index (χ0n) is 15.0. The summed E-state index contributed by atoms with van der Waals surface area (Å²) in [7, 11) is -0.255. The summed E-state index contributed by atoms with van der Waals surface area (Å²) in [4.78, 5) is 0. The first-order chi connectivity index (χ1) is 10.0. The summed E-state index contributed by atoms with van der Waals surface area (Å²) in [5.41, 5.74) is 18.1. The van der Waals surface area contributed by atoms with Gasteiger partial charge in [0.1, 0.15) is 0 Å². The largest absolute Gasteiger partial charge is 0.462 e. The molecule has 0 atom stereocenters. The molecule has 0 saturated carbocycles. The molecule has 1 aromatic rings. The molecule has 22 heavy (non-hydrogen) atoms. The van der Waals surface area contributed by atoms with Crippen molar-refractivity contribution in [3.8, 4) is 0 Å². The second-order valence-electron chi connectivity index (χ2n) is 7.34. The van der Waals surface area contributed by atoms with E-state index in [0.29, 0.717) is 12.9 Å². The summed E-state index contributed by atoms with van der Waals surface area (Å²) in [6, 6.07) is 0. The van der Waals surface area contributed by atoms with E-state index in [4.69, 9.17) is 20.8 Å². The van der Waals surface area contributed by atoms with Crippen molar-refractivity contribution in [3.05, 3.63) is 27.8 Å². The van der Waals surface area contributed by atoms with Crippen LogP contribution in [0.15, 0.2) is 0 Å². The highest BCUT2D eigenvalue weighted by molar-refractivity contribution is 6.45. The molecule has 4 nitrogen and oxygen atoms in total. The summed E-state index contributed by atoms with van der Waals surface area (Å²) in [6.07, 6.45) is 0.696. The lowest BCUT2D eigenvalue weighted by Gasteiger charge is -2.32. The summed E-state index contributed by atoms with van der Waals surface area (Å²) in [5.74, 6) is 0. The molecule has 1 heterocycles. The number of nitrogen functional groups attached to an aromatic ring is 1. The van der Waals surface area contributed by atoms with Gasteiger partial charge in [0.2, 0.25) is 0 Å². The zero-order valence-corrected chi connectivity index (χ0v) is 15.0. The van der Waals surface area contributed by atoms with Crippen molar-refractivity contribution in [2.75, 3.05) is 5.73 Å². The molecule has 0 aliphatic carbocycles. The molecule has 122 valence electrons. The van der Waals surface area contributed by atoms with E-state index in [9.17, 15) is 0 Å². The lowest BCUT2D eigenvalue weighted by Crippen LogP contribution is -2.41. The third kappa shape index (κ3) is 2.66. The highest BCUT2D eigenvalue weighted by atomic mass is 16.7. The predicted octanol–water partition coefficient (Wildman–Crippen LogP) is 2.83. The van der Waals surface area contributed by atoms with Crippen LogP contribution in [0.5, 0.6) is 0 Å².